The molecule has 1 rings (SSSR count). The number of sulfonamides is 1. The van der Waals surface area contributed by atoms with Gasteiger partial charge in [-0.3, -0.25) is 4.72 Å². The van der Waals surface area contributed by atoms with Gasteiger partial charge in [0.2, 0.25) is 10.0 Å². The molecule has 0 amide bonds. The molecule has 1 aromatic rings. The fourth-order valence-electron chi connectivity index (χ4n) is 0.790. The number of hydrogen-bond donors (Lipinski definition) is 1. The van der Waals surface area contributed by atoms with Gasteiger partial charge in [0.1, 0.15) is 5.82 Å². The normalized spacial score (nSPS) is 9.12. The van der Waals surface area contributed by atoms with Crippen molar-refractivity contribution in [1.29, 1.82) is 0 Å². The molecule has 0 aliphatic rings. The average Bonchev–Trinajstić information content (AvgIpc) is 2.21. The Morgan fingerprint density at radius 2 is 1.62 bits per heavy atom. The molecule has 0 radical (unpaired) electrons. The second kappa shape index (κ2) is 9.15. The van der Waals surface area contributed by atoms with E-state index < -0.39 is 10.0 Å². The number of hydrogen-bond acceptors (Lipinski definition) is 3. The Balaban J connectivity index is 0. The van der Waals surface area contributed by atoms with E-state index in [-0.39, 0.29) is 0 Å². The fourth-order valence-corrected chi connectivity index (χ4v) is 1.28. The highest BCUT2D eigenvalue weighted by Crippen LogP contribution is 2.04. The zero-order chi connectivity index (χ0) is 13.2. The van der Waals surface area contributed by atoms with Crippen LogP contribution in [0.15, 0.2) is 18.2 Å². The van der Waals surface area contributed by atoms with E-state index in [2.05, 4.69) is 9.71 Å². The van der Waals surface area contributed by atoms with Crippen molar-refractivity contribution in [2.75, 3.05) is 11.0 Å². The summed E-state index contributed by atoms with van der Waals surface area (Å²) >= 11 is 0. The molecule has 0 unspecified atom stereocenters. The smallest absolute Gasteiger partial charge is 0.230 e. The first-order valence-electron chi connectivity index (χ1n) is 5.39. The molecular formula is C11H22N2O2S. The van der Waals surface area contributed by atoms with Gasteiger partial charge in [0, 0.05) is 5.69 Å². The van der Waals surface area contributed by atoms with Gasteiger partial charge in [0.15, 0.2) is 0 Å². The molecule has 0 saturated heterocycles. The predicted octanol–water partition coefficient (Wildman–Crippen LogP) is 2.81. The number of rotatable bonds is 2. The molecule has 0 aliphatic carbocycles. The number of pyridine rings is 1. The first-order chi connectivity index (χ1) is 7.47. The third kappa shape index (κ3) is 9.45. The number of nitrogens with one attached hydrogen (secondary N) is 1. The van der Waals surface area contributed by atoms with Crippen LogP contribution in [0.2, 0.25) is 0 Å². The highest BCUT2D eigenvalue weighted by atomic mass is 32.2. The number of nitrogens with zero attached hydrogens (tertiary/aromatic N) is 1. The number of anilines is 1. The maximum absolute atomic E-state index is 10.8. The Hall–Kier alpha value is -1.10. The zero-order valence-corrected chi connectivity index (χ0v) is 11.7. The number of aryl methyl sites for hydroxylation is 1. The lowest BCUT2D eigenvalue weighted by molar-refractivity contribution is 0.606. The Bertz CT molecular complexity index is 375. The number of aromatic nitrogens is 1. The Labute approximate surface area is 99.2 Å². The van der Waals surface area contributed by atoms with Crippen molar-refractivity contribution in [3.8, 4) is 0 Å². The zero-order valence-electron chi connectivity index (χ0n) is 10.9. The van der Waals surface area contributed by atoms with Crippen molar-refractivity contribution in [2.24, 2.45) is 0 Å². The molecule has 0 aromatic carbocycles. The molecule has 0 aliphatic heterocycles. The summed E-state index contributed by atoms with van der Waals surface area (Å²) in [7, 11) is -3.21. The van der Waals surface area contributed by atoms with Gasteiger partial charge in [-0.1, -0.05) is 33.8 Å². The van der Waals surface area contributed by atoms with E-state index in [9.17, 15) is 8.42 Å². The topological polar surface area (TPSA) is 59.1 Å². The van der Waals surface area contributed by atoms with E-state index in [1.807, 2.05) is 27.7 Å². The summed E-state index contributed by atoms with van der Waals surface area (Å²) in [5, 5.41) is 0. The van der Waals surface area contributed by atoms with Crippen molar-refractivity contribution in [1.82, 2.24) is 4.98 Å². The van der Waals surface area contributed by atoms with Gasteiger partial charge in [-0.2, -0.15) is 0 Å². The summed E-state index contributed by atoms with van der Waals surface area (Å²) in [4.78, 5) is 3.97. The first kappa shape index (κ1) is 17.3. The van der Waals surface area contributed by atoms with Crippen LogP contribution >= 0.6 is 0 Å². The lowest BCUT2D eigenvalue weighted by Crippen LogP contribution is -2.10. The van der Waals surface area contributed by atoms with E-state index in [0.717, 1.165) is 11.9 Å². The van der Waals surface area contributed by atoms with Crippen LogP contribution in [0.4, 0.5) is 5.82 Å². The molecule has 4 nitrogen and oxygen atoms in total. The third-order valence-electron chi connectivity index (χ3n) is 1.18. The van der Waals surface area contributed by atoms with Gasteiger partial charge in [-0.05, 0) is 19.1 Å². The minimum Gasteiger partial charge on any atom is -0.268 e. The van der Waals surface area contributed by atoms with Crippen LogP contribution in [0, 0.1) is 6.92 Å². The van der Waals surface area contributed by atoms with Crippen LogP contribution in [0.25, 0.3) is 0 Å². The summed E-state index contributed by atoms with van der Waals surface area (Å²) in [6.07, 6.45) is 1.09. The van der Waals surface area contributed by atoms with Crippen molar-refractivity contribution >= 4 is 15.8 Å². The molecule has 0 atom stereocenters. The summed E-state index contributed by atoms with van der Waals surface area (Å²) < 4.78 is 23.8. The van der Waals surface area contributed by atoms with Crippen LogP contribution in [-0.4, -0.2) is 19.7 Å². The molecule has 1 N–H and O–H groups in total. The molecule has 1 heterocycles. The van der Waals surface area contributed by atoms with Gasteiger partial charge >= 0.3 is 0 Å². The summed E-state index contributed by atoms with van der Waals surface area (Å²) in [6.45, 7) is 9.80. The molecular weight excluding hydrogens is 224 g/mol. The monoisotopic (exact) mass is 246 g/mol. The summed E-state index contributed by atoms with van der Waals surface area (Å²) in [5.74, 6) is 0.359. The molecule has 5 heteroatoms. The second-order valence-corrected chi connectivity index (χ2v) is 4.29. The van der Waals surface area contributed by atoms with Crippen LogP contribution in [0.5, 0.6) is 0 Å². The van der Waals surface area contributed by atoms with Gasteiger partial charge in [0.05, 0.1) is 6.26 Å². The molecule has 0 spiro atoms. The molecule has 1 aromatic heterocycles. The van der Waals surface area contributed by atoms with Gasteiger partial charge in [-0.15, -0.1) is 0 Å². The lowest BCUT2D eigenvalue weighted by atomic mass is 10.4. The van der Waals surface area contributed by atoms with E-state index in [4.69, 9.17) is 0 Å². The lowest BCUT2D eigenvalue weighted by Gasteiger charge is -2.02. The van der Waals surface area contributed by atoms with E-state index >= 15 is 0 Å². The molecule has 0 fully saturated rings. The third-order valence-corrected chi connectivity index (χ3v) is 1.76. The van der Waals surface area contributed by atoms with E-state index in [1.54, 1.807) is 25.1 Å². The Morgan fingerprint density at radius 1 is 1.12 bits per heavy atom. The molecule has 94 valence electrons. The second-order valence-electron chi connectivity index (χ2n) is 2.54. The molecule has 16 heavy (non-hydrogen) atoms. The largest absolute Gasteiger partial charge is 0.268 e. The maximum atomic E-state index is 10.8. The standard InChI is InChI=1S/C7H10N2O2S.2C2H6/c1-6-4-3-5-7(8-6)9-12(2,10)11;2*1-2/h3-5H,1-2H3,(H,8,9);2*1-2H3. The highest BCUT2D eigenvalue weighted by Gasteiger charge is 2.01. The van der Waals surface area contributed by atoms with Crippen molar-refractivity contribution in [3.05, 3.63) is 23.9 Å². The fraction of sp³-hybridized carbons (Fsp3) is 0.545. The van der Waals surface area contributed by atoms with Crippen LogP contribution in [0.1, 0.15) is 33.4 Å². The van der Waals surface area contributed by atoms with Gasteiger partial charge in [0.25, 0.3) is 0 Å². The molecule has 0 bridgehead atoms. The summed E-state index contributed by atoms with van der Waals surface area (Å²) in [6, 6.07) is 5.15. The van der Waals surface area contributed by atoms with Crippen molar-refractivity contribution < 1.29 is 8.42 Å². The quantitative estimate of drug-likeness (QED) is 0.873. The summed E-state index contributed by atoms with van der Waals surface area (Å²) in [5.41, 5.74) is 0.781. The van der Waals surface area contributed by atoms with E-state index in [1.165, 1.54) is 0 Å². The Morgan fingerprint density at radius 3 is 2.00 bits per heavy atom. The van der Waals surface area contributed by atoms with Crippen LogP contribution in [-0.2, 0) is 10.0 Å². The average molecular weight is 246 g/mol. The SMILES string of the molecule is CC.CC.Cc1cccc(NS(C)(=O)=O)n1. The van der Waals surface area contributed by atoms with Crippen molar-refractivity contribution in [2.45, 2.75) is 34.6 Å². The van der Waals surface area contributed by atoms with Gasteiger partial charge < -0.3 is 0 Å². The minimum atomic E-state index is -3.21. The minimum absolute atomic E-state index is 0.359. The van der Waals surface area contributed by atoms with Gasteiger partial charge in [-0.25, -0.2) is 13.4 Å². The van der Waals surface area contributed by atoms with Crippen LogP contribution in [0.3, 0.4) is 0 Å². The first-order valence-corrected chi connectivity index (χ1v) is 7.28. The van der Waals surface area contributed by atoms with Crippen molar-refractivity contribution in [3.63, 3.8) is 0 Å². The Kier molecular flexibility index (Phi) is 9.89. The predicted molar refractivity (Wildman–Crippen MR) is 70.1 cm³/mol. The molecule has 0 saturated carbocycles. The van der Waals surface area contributed by atoms with Crippen LogP contribution < -0.4 is 4.72 Å². The van der Waals surface area contributed by atoms with E-state index in [0.29, 0.717) is 5.82 Å². The highest BCUT2D eigenvalue weighted by molar-refractivity contribution is 7.92. The maximum Gasteiger partial charge on any atom is 0.230 e.